The third kappa shape index (κ3) is 6.03. The molecule has 0 aromatic rings. The van der Waals surface area contributed by atoms with Crippen molar-refractivity contribution >= 4 is 5.97 Å². The average Bonchev–Trinajstić information content (AvgIpc) is 2.75. The zero-order chi connectivity index (χ0) is 32.6. The van der Waals surface area contributed by atoms with Gasteiger partial charge in [0.25, 0.3) is 0 Å². The summed E-state index contributed by atoms with van der Waals surface area (Å²) < 4.78 is 260. The average molecular weight is 642 g/mol. The van der Waals surface area contributed by atoms with Crippen LogP contribution in [-0.2, 0) is 14.3 Å². The fourth-order valence-electron chi connectivity index (χ4n) is 2.44. The van der Waals surface area contributed by atoms with Gasteiger partial charge in [-0.25, -0.2) is 9.18 Å². The van der Waals surface area contributed by atoms with Crippen LogP contribution in [0.3, 0.4) is 0 Å². The summed E-state index contributed by atoms with van der Waals surface area (Å²) >= 11 is 0. The molecule has 0 amide bonds. The highest BCUT2D eigenvalue weighted by Crippen LogP contribution is 2.66. The minimum absolute atomic E-state index is 0.502. The second-order valence-corrected chi connectivity index (χ2v) is 7.48. The molecule has 40 heavy (non-hydrogen) atoms. The van der Waals surface area contributed by atoms with Crippen molar-refractivity contribution in [2.24, 2.45) is 0 Å². The number of halogens is 19. The summed E-state index contributed by atoms with van der Waals surface area (Å²) in [5.41, 5.74) is -8.79. The SMILES string of the molecule is C=CC(=O)OC(O)CCOCCC(F)(F)C(F)(F)C(F)(F)C(F)(F)C(F)(F)C(F)(F)C(F)(C(F)(F)F)C(F)(F)F. The molecular formula is C17H13F19O4. The predicted molar refractivity (Wildman–Crippen MR) is 88.0 cm³/mol. The van der Waals surface area contributed by atoms with Gasteiger partial charge in [0, 0.05) is 18.9 Å². The van der Waals surface area contributed by atoms with E-state index in [2.05, 4.69) is 16.1 Å². The Labute approximate surface area is 208 Å². The summed E-state index contributed by atoms with van der Waals surface area (Å²) in [5.74, 6) is -51.6. The van der Waals surface area contributed by atoms with E-state index >= 15 is 0 Å². The molecule has 0 spiro atoms. The van der Waals surface area contributed by atoms with E-state index in [-0.39, 0.29) is 0 Å². The quantitative estimate of drug-likeness (QED) is 0.0776. The van der Waals surface area contributed by atoms with Crippen molar-refractivity contribution in [2.75, 3.05) is 13.2 Å². The maximum absolute atomic E-state index is 13.7. The van der Waals surface area contributed by atoms with E-state index < -0.39 is 91.9 Å². The molecule has 0 fully saturated rings. The Morgan fingerprint density at radius 2 is 1.02 bits per heavy atom. The van der Waals surface area contributed by atoms with Crippen LogP contribution in [0.4, 0.5) is 83.4 Å². The van der Waals surface area contributed by atoms with Crippen LogP contribution >= 0.6 is 0 Å². The molecule has 23 heteroatoms. The molecule has 1 N–H and O–H groups in total. The van der Waals surface area contributed by atoms with E-state index in [0.717, 1.165) is 0 Å². The van der Waals surface area contributed by atoms with Crippen molar-refractivity contribution in [1.29, 1.82) is 0 Å². The molecule has 1 atom stereocenters. The van der Waals surface area contributed by atoms with Gasteiger partial charge < -0.3 is 14.6 Å². The van der Waals surface area contributed by atoms with E-state index in [9.17, 15) is 88.2 Å². The first-order valence-corrected chi connectivity index (χ1v) is 9.53. The van der Waals surface area contributed by atoms with Crippen LogP contribution in [0.1, 0.15) is 12.8 Å². The molecule has 0 saturated carbocycles. The van der Waals surface area contributed by atoms with Crippen molar-refractivity contribution in [3.8, 4) is 0 Å². The van der Waals surface area contributed by atoms with Gasteiger partial charge in [-0.05, 0) is 0 Å². The van der Waals surface area contributed by atoms with Crippen molar-refractivity contribution in [3.05, 3.63) is 12.7 Å². The van der Waals surface area contributed by atoms with E-state index in [1.54, 1.807) is 0 Å². The number of hydrogen-bond donors (Lipinski definition) is 1. The standard InChI is InChI=1S/C17H13F19O4/c1-2-7(37)40-8(38)3-5-39-6-4-9(18,19)11(21,22)13(25,26)15(29,30)14(27,28)12(23,24)10(20,16(31,32)33)17(34,35)36/h2,8,38H,1,3-6H2. The maximum Gasteiger partial charge on any atom is 0.438 e. The number of ether oxygens (including phenoxy) is 2. The minimum Gasteiger partial charge on any atom is -0.433 e. The fourth-order valence-corrected chi connectivity index (χ4v) is 2.44. The van der Waals surface area contributed by atoms with E-state index in [1.165, 1.54) is 0 Å². The molecule has 0 heterocycles. The lowest BCUT2D eigenvalue weighted by Gasteiger charge is -2.45. The van der Waals surface area contributed by atoms with Gasteiger partial charge in [-0.2, -0.15) is 79.0 Å². The summed E-state index contributed by atoms with van der Waals surface area (Å²) in [7, 11) is 0. The Morgan fingerprint density at radius 3 is 1.40 bits per heavy atom. The van der Waals surface area contributed by atoms with Crippen LogP contribution in [0, 0.1) is 0 Å². The molecule has 4 nitrogen and oxygen atoms in total. The van der Waals surface area contributed by atoms with E-state index in [0.29, 0.717) is 6.08 Å². The molecule has 0 saturated heterocycles. The zero-order valence-corrected chi connectivity index (χ0v) is 18.5. The van der Waals surface area contributed by atoms with Crippen LogP contribution in [0.25, 0.3) is 0 Å². The van der Waals surface area contributed by atoms with E-state index in [1.807, 2.05) is 0 Å². The van der Waals surface area contributed by atoms with Gasteiger partial charge in [0.2, 0.25) is 6.29 Å². The van der Waals surface area contributed by atoms with Gasteiger partial charge in [-0.1, -0.05) is 6.58 Å². The highest BCUT2D eigenvalue weighted by Gasteiger charge is 2.98. The Morgan fingerprint density at radius 1 is 0.650 bits per heavy atom. The molecule has 0 radical (unpaired) electrons. The summed E-state index contributed by atoms with van der Waals surface area (Å²) in [6.45, 7) is -0.101. The number of alkyl halides is 19. The molecule has 0 aliphatic heterocycles. The first-order chi connectivity index (χ1) is 17.3. The number of carbonyl (C=O) groups excluding carboxylic acids is 1. The van der Waals surface area contributed by atoms with Crippen LogP contribution in [-0.4, -0.2) is 84.1 Å². The Bertz CT molecular complexity index is 878. The van der Waals surface area contributed by atoms with Crippen LogP contribution < -0.4 is 0 Å². The van der Waals surface area contributed by atoms with Crippen molar-refractivity contribution in [1.82, 2.24) is 0 Å². The van der Waals surface area contributed by atoms with Crippen molar-refractivity contribution < 1.29 is 103 Å². The van der Waals surface area contributed by atoms with Crippen molar-refractivity contribution in [3.63, 3.8) is 0 Å². The Kier molecular flexibility index (Phi) is 10.6. The van der Waals surface area contributed by atoms with E-state index in [4.69, 9.17) is 5.11 Å². The summed E-state index contributed by atoms with van der Waals surface area (Å²) in [6, 6.07) is 0. The van der Waals surface area contributed by atoms with Gasteiger partial charge in [0.15, 0.2) is 0 Å². The van der Waals surface area contributed by atoms with Gasteiger partial charge >= 0.3 is 59.5 Å². The van der Waals surface area contributed by atoms with Crippen LogP contribution in [0.15, 0.2) is 12.7 Å². The molecule has 0 aromatic carbocycles. The monoisotopic (exact) mass is 642 g/mol. The predicted octanol–water partition coefficient (Wildman–Crippen LogP) is 6.48. The third-order valence-electron chi connectivity index (χ3n) is 4.74. The molecule has 0 aliphatic carbocycles. The Hall–Kier alpha value is -2.20. The summed E-state index contributed by atoms with van der Waals surface area (Å²) in [4.78, 5) is 10.7. The van der Waals surface area contributed by atoms with Gasteiger partial charge in [-0.15, -0.1) is 0 Å². The highest BCUT2D eigenvalue weighted by molar-refractivity contribution is 5.81. The molecule has 0 rings (SSSR count). The molecule has 0 bridgehead atoms. The van der Waals surface area contributed by atoms with Crippen LogP contribution in [0.2, 0.25) is 0 Å². The smallest absolute Gasteiger partial charge is 0.433 e. The van der Waals surface area contributed by atoms with Gasteiger partial charge in [0.05, 0.1) is 13.2 Å². The summed E-state index contributed by atoms with van der Waals surface area (Å²) in [6.07, 6.45) is -22.0. The number of esters is 1. The second-order valence-electron chi connectivity index (χ2n) is 7.48. The third-order valence-corrected chi connectivity index (χ3v) is 4.74. The lowest BCUT2D eigenvalue weighted by molar-refractivity contribution is -0.472. The number of aliphatic hydroxyl groups excluding tert-OH is 1. The molecule has 1 unspecified atom stereocenters. The zero-order valence-electron chi connectivity index (χ0n) is 18.5. The Balaban J connectivity index is 6.19. The second kappa shape index (κ2) is 11.2. The largest absolute Gasteiger partial charge is 0.438 e. The number of carbonyl (C=O) groups is 1. The number of aliphatic hydroxyl groups is 1. The fraction of sp³-hybridized carbons (Fsp3) is 0.824. The highest BCUT2D eigenvalue weighted by atomic mass is 19.4. The summed E-state index contributed by atoms with van der Waals surface area (Å²) in [5, 5.41) is 9.11. The molecular weight excluding hydrogens is 629 g/mol. The van der Waals surface area contributed by atoms with Crippen molar-refractivity contribution in [2.45, 2.75) is 72.7 Å². The topological polar surface area (TPSA) is 55.8 Å². The normalized spacial score (nSPS) is 16.1. The van der Waals surface area contributed by atoms with Crippen LogP contribution in [0.5, 0.6) is 0 Å². The first kappa shape index (κ1) is 37.8. The van der Waals surface area contributed by atoms with Gasteiger partial charge in [0.1, 0.15) is 0 Å². The molecule has 0 aliphatic rings. The lowest BCUT2D eigenvalue weighted by atomic mass is 9.83. The first-order valence-electron chi connectivity index (χ1n) is 9.53. The number of hydrogen-bond acceptors (Lipinski definition) is 4. The maximum atomic E-state index is 13.7. The van der Waals surface area contributed by atoms with Gasteiger partial charge in [-0.3, -0.25) is 0 Å². The number of rotatable bonds is 14. The molecule has 238 valence electrons. The minimum atomic E-state index is -9.07. The lowest BCUT2D eigenvalue weighted by Crippen LogP contribution is -2.77. The molecule has 0 aromatic heterocycles.